The molecule has 1 aromatic heterocycles. The Labute approximate surface area is 240 Å². The maximum absolute atomic E-state index is 14.0. The second-order valence-corrected chi connectivity index (χ2v) is 11.3. The van der Waals surface area contributed by atoms with Crippen molar-refractivity contribution in [1.82, 2.24) is 29.8 Å². The van der Waals surface area contributed by atoms with Gasteiger partial charge in [-0.15, -0.1) is 0 Å². The van der Waals surface area contributed by atoms with Crippen molar-refractivity contribution in [2.75, 3.05) is 57.9 Å². The van der Waals surface area contributed by atoms with Gasteiger partial charge in [-0.1, -0.05) is 18.2 Å². The van der Waals surface area contributed by atoms with Gasteiger partial charge in [-0.3, -0.25) is 24.4 Å². The molecule has 222 valence electrons. The molecule has 42 heavy (non-hydrogen) atoms. The van der Waals surface area contributed by atoms with E-state index in [4.69, 9.17) is 0 Å². The van der Waals surface area contributed by atoms with E-state index in [2.05, 4.69) is 10.2 Å². The van der Waals surface area contributed by atoms with Crippen LogP contribution >= 0.6 is 0 Å². The average Bonchev–Trinajstić information content (AvgIpc) is 3.56. The molecule has 1 atom stereocenters. The van der Waals surface area contributed by atoms with E-state index in [0.717, 1.165) is 16.6 Å². The zero-order valence-electron chi connectivity index (χ0n) is 23.2. The summed E-state index contributed by atoms with van der Waals surface area (Å²) in [4.78, 5) is 48.2. The molecular formula is C29H32F3N7O3. The fourth-order valence-corrected chi connectivity index (χ4v) is 6.38. The Bertz CT molecular complexity index is 1490. The summed E-state index contributed by atoms with van der Waals surface area (Å²) in [5, 5.41) is 7.71. The molecule has 3 aromatic rings. The van der Waals surface area contributed by atoms with E-state index in [1.54, 1.807) is 23.2 Å². The van der Waals surface area contributed by atoms with E-state index >= 15 is 0 Å². The lowest BCUT2D eigenvalue weighted by Crippen LogP contribution is -2.60. The highest BCUT2D eigenvalue weighted by Crippen LogP contribution is 2.40. The first-order valence-corrected chi connectivity index (χ1v) is 14.0. The van der Waals surface area contributed by atoms with Crippen LogP contribution in [0.25, 0.3) is 10.9 Å². The number of aromatic nitrogens is 2. The molecule has 1 unspecified atom stereocenters. The monoisotopic (exact) mass is 583 g/mol. The second kappa shape index (κ2) is 10.6. The Morgan fingerprint density at radius 3 is 2.48 bits per heavy atom. The third kappa shape index (κ3) is 4.95. The van der Waals surface area contributed by atoms with Gasteiger partial charge in [0.2, 0.25) is 5.91 Å². The number of aromatic amines is 1. The number of amides is 3. The number of carbonyl (C=O) groups excluding carboxylic acids is 3. The third-order valence-corrected chi connectivity index (χ3v) is 8.85. The number of piperidine rings is 1. The van der Waals surface area contributed by atoms with Crippen LogP contribution in [0.5, 0.6) is 0 Å². The summed E-state index contributed by atoms with van der Waals surface area (Å²) in [7, 11) is 1.40. The molecule has 0 saturated carbocycles. The Hall–Kier alpha value is -4.13. The number of likely N-dealkylation sites (N-methyl/N-ethyl adjacent to an activating group) is 1. The van der Waals surface area contributed by atoms with Gasteiger partial charge in [-0.05, 0) is 50.2 Å². The Morgan fingerprint density at radius 2 is 1.76 bits per heavy atom. The van der Waals surface area contributed by atoms with Crippen LogP contribution in [0.1, 0.15) is 23.2 Å². The average molecular weight is 584 g/mol. The van der Waals surface area contributed by atoms with Crippen molar-refractivity contribution in [3.63, 3.8) is 0 Å². The standard InChI is InChI=1S/C29H32F3N7O3/c1-35-13-14-37(17-24(35)29(30,31)32)25(40)18-38-19-39(22-5-3-2-4-6-22)28(27(38)42)9-11-36(12-10-28)26(41)20-7-8-23-21(15-20)16-33-34-23/h2-8,15-16,24H,9-14,17-19H2,1H3,(H,33,34). The lowest BCUT2D eigenvalue weighted by Gasteiger charge is -2.43. The van der Waals surface area contributed by atoms with Crippen molar-refractivity contribution in [1.29, 1.82) is 0 Å². The van der Waals surface area contributed by atoms with Crippen molar-refractivity contribution in [2.45, 2.75) is 30.6 Å². The van der Waals surface area contributed by atoms with Gasteiger partial charge in [-0.25, -0.2) is 0 Å². The van der Waals surface area contributed by atoms with Crippen LogP contribution in [0, 0.1) is 0 Å². The molecule has 3 fully saturated rings. The number of anilines is 1. The minimum absolute atomic E-state index is 0.0985. The van der Waals surface area contributed by atoms with Gasteiger partial charge in [0.05, 0.1) is 18.4 Å². The second-order valence-electron chi connectivity index (χ2n) is 11.3. The number of likely N-dealkylation sites (tertiary alicyclic amines) is 1. The number of halogens is 3. The fourth-order valence-electron chi connectivity index (χ4n) is 6.38. The first-order valence-electron chi connectivity index (χ1n) is 14.0. The number of para-hydroxylation sites is 1. The van der Waals surface area contributed by atoms with E-state index in [0.29, 0.717) is 31.5 Å². The lowest BCUT2D eigenvalue weighted by molar-refractivity contribution is -0.194. The summed E-state index contributed by atoms with van der Waals surface area (Å²) in [6.45, 7) is 0.313. The lowest BCUT2D eigenvalue weighted by atomic mass is 9.85. The molecule has 4 heterocycles. The highest BCUT2D eigenvalue weighted by molar-refractivity contribution is 5.99. The van der Waals surface area contributed by atoms with Crippen LogP contribution in [0.4, 0.5) is 18.9 Å². The molecule has 2 aromatic carbocycles. The zero-order chi connectivity index (χ0) is 29.6. The predicted molar refractivity (Wildman–Crippen MR) is 149 cm³/mol. The third-order valence-electron chi connectivity index (χ3n) is 8.85. The minimum Gasteiger partial charge on any atom is -0.339 e. The number of nitrogens with zero attached hydrogens (tertiary/aromatic N) is 6. The van der Waals surface area contributed by atoms with Crippen molar-refractivity contribution in [3.8, 4) is 0 Å². The summed E-state index contributed by atoms with van der Waals surface area (Å²) < 4.78 is 40.6. The fraction of sp³-hybridized carbons (Fsp3) is 0.448. The maximum atomic E-state index is 14.0. The van der Waals surface area contributed by atoms with Crippen LogP contribution in [0.15, 0.2) is 54.7 Å². The van der Waals surface area contributed by atoms with Crippen LogP contribution in [-0.4, -0.2) is 118 Å². The largest absolute Gasteiger partial charge is 0.405 e. The molecule has 3 saturated heterocycles. The van der Waals surface area contributed by atoms with Crippen LogP contribution in [0.3, 0.4) is 0 Å². The van der Waals surface area contributed by atoms with E-state index in [9.17, 15) is 27.6 Å². The minimum atomic E-state index is -4.46. The summed E-state index contributed by atoms with van der Waals surface area (Å²) in [5.41, 5.74) is 1.21. The molecule has 3 amide bonds. The van der Waals surface area contributed by atoms with Gasteiger partial charge in [0.25, 0.3) is 11.8 Å². The van der Waals surface area contributed by atoms with Gasteiger partial charge in [-0.2, -0.15) is 18.3 Å². The summed E-state index contributed by atoms with van der Waals surface area (Å²) in [5.74, 6) is -0.878. The molecule has 0 aliphatic carbocycles. The van der Waals surface area contributed by atoms with Gasteiger partial charge >= 0.3 is 6.18 Å². The molecule has 10 nitrogen and oxygen atoms in total. The number of piperazine rings is 1. The Balaban J connectivity index is 1.19. The highest BCUT2D eigenvalue weighted by atomic mass is 19.4. The van der Waals surface area contributed by atoms with Crippen LogP contribution in [-0.2, 0) is 9.59 Å². The molecule has 1 spiro atoms. The molecule has 13 heteroatoms. The van der Waals surface area contributed by atoms with E-state index in [-0.39, 0.29) is 38.1 Å². The molecule has 6 rings (SSSR count). The van der Waals surface area contributed by atoms with E-state index in [1.807, 2.05) is 41.3 Å². The molecule has 1 N–H and O–H groups in total. The van der Waals surface area contributed by atoms with Crippen molar-refractivity contribution in [2.24, 2.45) is 0 Å². The van der Waals surface area contributed by atoms with Gasteiger partial charge in [0, 0.05) is 49.4 Å². The smallest absolute Gasteiger partial charge is 0.339 e. The Morgan fingerprint density at radius 1 is 1.02 bits per heavy atom. The first kappa shape index (κ1) is 28.0. The molecule has 0 radical (unpaired) electrons. The number of rotatable bonds is 4. The van der Waals surface area contributed by atoms with Crippen LogP contribution < -0.4 is 4.90 Å². The van der Waals surface area contributed by atoms with E-state index in [1.165, 1.54) is 21.7 Å². The van der Waals surface area contributed by atoms with Crippen LogP contribution in [0.2, 0.25) is 0 Å². The molecule has 0 bridgehead atoms. The van der Waals surface area contributed by atoms with Crippen molar-refractivity contribution < 1.29 is 27.6 Å². The summed E-state index contributed by atoms with van der Waals surface area (Å²) in [6, 6.07) is 13.0. The van der Waals surface area contributed by atoms with Gasteiger partial charge < -0.3 is 19.6 Å². The SMILES string of the molecule is CN1CCN(C(=O)CN2CN(c3ccccc3)C3(CCN(C(=O)c4ccc5[nH]ncc5c4)CC3)C2=O)CC1C(F)(F)F. The zero-order valence-corrected chi connectivity index (χ0v) is 23.2. The summed E-state index contributed by atoms with van der Waals surface area (Å²) >= 11 is 0. The molecule has 3 aliphatic rings. The topological polar surface area (TPSA) is 96.1 Å². The predicted octanol–water partition coefficient (Wildman–Crippen LogP) is 2.55. The Kier molecular flexibility index (Phi) is 7.08. The number of alkyl halides is 3. The number of H-pyrrole nitrogens is 1. The van der Waals surface area contributed by atoms with Crippen molar-refractivity contribution in [3.05, 3.63) is 60.3 Å². The maximum Gasteiger partial charge on any atom is 0.405 e. The number of nitrogens with one attached hydrogen (secondary N) is 1. The summed E-state index contributed by atoms with van der Waals surface area (Å²) in [6.07, 6.45) is -2.08. The molecule has 3 aliphatic heterocycles. The van der Waals surface area contributed by atoms with Gasteiger partial charge in [0.15, 0.2) is 0 Å². The number of hydrogen-bond acceptors (Lipinski definition) is 6. The first-order chi connectivity index (χ1) is 20.1. The number of benzene rings is 2. The highest BCUT2D eigenvalue weighted by Gasteiger charge is 2.55. The number of carbonyl (C=O) groups is 3. The quantitative estimate of drug-likeness (QED) is 0.508. The normalized spacial score (nSPS) is 21.5. The molecular weight excluding hydrogens is 551 g/mol. The van der Waals surface area contributed by atoms with E-state index < -0.39 is 30.2 Å². The van der Waals surface area contributed by atoms with Crippen molar-refractivity contribution >= 4 is 34.3 Å². The number of hydrogen-bond donors (Lipinski definition) is 1. The van der Waals surface area contributed by atoms with Gasteiger partial charge in [0.1, 0.15) is 18.1 Å². The number of fused-ring (bicyclic) bond motifs is 1.